The van der Waals surface area contributed by atoms with Gasteiger partial charge in [0.05, 0.1) is 19.1 Å². The van der Waals surface area contributed by atoms with Gasteiger partial charge in [-0.1, -0.05) is 12.1 Å². The molecular weight excluding hydrogens is 312 g/mol. The van der Waals surface area contributed by atoms with Crippen LogP contribution in [0, 0.1) is 35.8 Å². The summed E-state index contributed by atoms with van der Waals surface area (Å²) in [5.41, 5.74) is 0.597. The minimum Gasteiger partial charge on any atom is -0.497 e. The Kier molecular flexibility index (Phi) is 5.37. The molecule has 0 aromatic heterocycles. The van der Waals surface area contributed by atoms with Gasteiger partial charge in [0, 0.05) is 5.56 Å². The number of rotatable bonds is 5. The lowest BCUT2D eigenvalue weighted by atomic mass is 9.85. The van der Waals surface area contributed by atoms with Gasteiger partial charge in [0.1, 0.15) is 5.75 Å². The lowest BCUT2D eigenvalue weighted by Crippen LogP contribution is -2.22. The highest BCUT2D eigenvalue weighted by atomic mass is 16.5. The van der Waals surface area contributed by atoms with E-state index in [1.807, 2.05) is 18.2 Å². The van der Waals surface area contributed by atoms with Crippen LogP contribution in [0.25, 0.3) is 9.69 Å². The first-order valence-electron chi connectivity index (χ1n) is 7.42. The molecule has 25 heavy (non-hydrogen) atoms. The van der Waals surface area contributed by atoms with Gasteiger partial charge in [0.2, 0.25) is 0 Å². The fraction of sp³-hybridized carbons (Fsp3) is 0.200. The lowest BCUT2D eigenvalue weighted by Gasteiger charge is -2.15. The molecule has 0 amide bonds. The minimum atomic E-state index is -1.35. The molecule has 2 rings (SSSR count). The Morgan fingerprint density at radius 3 is 2.16 bits per heavy atom. The van der Waals surface area contributed by atoms with Crippen LogP contribution in [0.5, 0.6) is 5.75 Å². The number of ether oxygens (including phenoxy) is 1. The zero-order valence-corrected chi connectivity index (χ0v) is 13.6. The topological polar surface area (TPSA) is 65.5 Å². The summed E-state index contributed by atoms with van der Waals surface area (Å²) in [4.78, 5) is 6.84. The van der Waals surface area contributed by atoms with E-state index in [0.717, 1.165) is 5.56 Å². The van der Waals surface area contributed by atoms with Crippen LogP contribution in [0.3, 0.4) is 0 Å². The van der Waals surface area contributed by atoms with Crippen molar-refractivity contribution >= 4 is 0 Å². The molecule has 0 bridgehead atoms. The summed E-state index contributed by atoms with van der Waals surface area (Å²) in [5.74, 6) is 0.708. The van der Waals surface area contributed by atoms with E-state index in [1.165, 1.54) is 0 Å². The van der Waals surface area contributed by atoms with E-state index in [-0.39, 0.29) is 6.42 Å². The SMILES string of the molecule is [C-]#[N+]C(C#N)c1ccc(C(C#N)(Cc2ccc(OC)cc2)[N+]#[C-])cc1. The van der Waals surface area contributed by atoms with Crippen molar-refractivity contribution in [3.05, 3.63) is 88.1 Å². The monoisotopic (exact) mass is 326 g/mol. The molecule has 5 nitrogen and oxygen atoms in total. The molecule has 2 unspecified atom stereocenters. The van der Waals surface area contributed by atoms with Gasteiger partial charge in [-0.25, -0.2) is 13.1 Å². The highest BCUT2D eigenvalue weighted by Gasteiger charge is 2.39. The van der Waals surface area contributed by atoms with Gasteiger partial charge < -0.3 is 4.74 Å². The van der Waals surface area contributed by atoms with Crippen LogP contribution in [0.2, 0.25) is 0 Å². The summed E-state index contributed by atoms with van der Waals surface area (Å²) in [6.07, 6.45) is 0.237. The van der Waals surface area contributed by atoms with E-state index in [4.69, 9.17) is 23.1 Å². The summed E-state index contributed by atoms with van der Waals surface area (Å²) < 4.78 is 5.12. The number of methoxy groups -OCH3 is 1. The second kappa shape index (κ2) is 7.65. The second-order valence-corrected chi connectivity index (χ2v) is 5.39. The average molecular weight is 326 g/mol. The molecule has 0 fully saturated rings. The van der Waals surface area contributed by atoms with Gasteiger partial charge >= 0.3 is 11.6 Å². The van der Waals surface area contributed by atoms with Crippen molar-refractivity contribution in [2.24, 2.45) is 0 Å². The van der Waals surface area contributed by atoms with Gasteiger partial charge in [0.25, 0.3) is 0 Å². The molecular formula is C20H14N4O. The van der Waals surface area contributed by atoms with E-state index in [9.17, 15) is 5.26 Å². The first kappa shape index (κ1) is 17.6. The molecule has 0 spiro atoms. The van der Waals surface area contributed by atoms with E-state index >= 15 is 0 Å². The van der Waals surface area contributed by atoms with Crippen molar-refractivity contribution in [2.45, 2.75) is 18.0 Å². The van der Waals surface area contributed by atoms with Crippen LogP contribution in [0.15, 0.2) is 48.5 Å². The highest BCUT2D eigenvalue weighted by Crippen LogP contribution is 2.31. The van der Waals surface area contributed by atoms with Gasteiger partial charge in [-0.05, 0) is 42.0 Å². The molecule has 0 saturated carbocycles. The molecule has 0 N–H and O–H groups in total. The smallest absolute Gasteiger partial charge is 0.344 e. The summed E-state index contributed by atoms with van der Waals surface area (Å²) in [5, 5.41) is 18.6. The van der Waals surface area contributed by atoms with Crippen LogP contribution in [0.4, 0.5) is 0 Å². The van der Waals surface area contributed by atoms with E-state index < -0.39 is 11.6 Å². The molecule has 0 radical (unpaired) electrons. The van der Waals surface area contributed by atoms with Crippen LogP contribution >= 0.6 is 0 Å². The molecule has 2 atom stereocenters. The molecule has 0 saturated heterocycles. The maximum Gasteiger partial charge on any atom is 0.344 e. The molecule has 120 valence electrons. The third-order valence-electron chi connectivity index (χ3n) is 3.95. The van der Waals surface area contributed by atoms with Crippen molar-refractivity contribution in [1.82, 2.24) is 0 Å². The van der Waals surface area contributed by atoms with Crippen LogP contribution in [-0.2, 0) is 12.0 Å². The van der Waals surface area contributed by atoms with E-state index in [1.54, 1.807) is 43.5 Å². The Bertz CT molecular complexity index is 875. The first-order chi connectivity index (χ1) is 12.1. The molecule has 5 heteroatoms. The Balaban J connectivity index is 2.36. The zero-order valence-electron chi connectivity index (χ0n) is 13.6. The van der Waals surface area contributed by atoms with Gasteiger partial charge in [0.15, 0.2) is 12.1 Å². The number of benzene rings is 2. The Hall–Kier alpha value is -3.80. The minimum absolute atomic E-state index is 0.237. The van der Waals surface area contributed by atoms with Gasteiger partial charge in [-0.2, -0.15) is 10.5 Å². The third-order valence-corrected chi connectivity index (χ3v) is 3.95. The Morgan fingerprint density at radius 1 is 1.08 bits per heavy atom. The zero-order chi connectivity index (χ0) is 18.3. The molecule has 2 aromatic rings. The van der Waals surface area contributed by atoms with Crippen molar-refractivity contribution in [1.29, 1.82) is 10.5 Å². The Morgan fingerprint density at radius 2 is 1.72 bits per heavy atom. The number of nitrogens with zero attached hydrogens (tertiary/aromatic N) is 4. The molecule has 0 aliphatic heterocycles. The predicted octanol–water partition coefficient (Wildman–Crippen LogP) is 4.06. The fourth-order valence-electron chi connectivity index (χ4n) is 2.49. The molecule has 0 aliphatic carbocycles. The van der Waals surface area contributed by atoms with Gasteiger partial charge in [-0.15, -0.1) is 0 Å². The quantitative estimate of drug-likeness (QED) is 0.778. The second-order valence-electron chi connectivity index (χ2n) is 5.39. The normalized spacial score (nSPS) is 13.2. The summed E-state index contributed by atoms with van der Waals surface area (Å²) >= 11 is 0. The number of nitriles is 2. The Labute approximate surface area is 147 Å². The van der Waals surface area contributed by atoms with Crippen LogP contribution < -0.4 is 4.74 Å². The van der Waals surface area contributed by atoms with Crippen LogP contribution in [-0.4, -0.2) is 7.11 Å². The highest BCUT2D eigenvalue weighted by molar-refractivity contribution is 5.42. The number of hydrogen-bond acceptors (Lipinski definition) is 3. The third kappa shape index (κ3) is 3.59. The summed E-state index contributed by atoms with van der Waals surface area (Å²) in [6, 6.07) is 17.0. The van der Waals surface area contributed by atoms with Crippen molar-refractivity contribution in [3.63, 3.8) is 0 Å². The summed E-state index contributed by atoms with van der Waals surface area (Å²) in [6.45, 7) is 14.6. The van der Waals surface area contributed by atoms with E-state index in [0.29, 0.717) is 16.9 Å². The fourth-order valence-corrected chi connectivity index (χ4v) is 2.49. The molecule has 0 heterocycles. The maximum absolute atomic E-state index is 9.67. The first-order valence-corrected chi connectivity index (χ1v) is 7.42. The maximum atomic E-state index is 9.67. The van der Waals surface area contributed by atoms with Gasteiger partial charge in [-0.3, -0.25) is 9.69 Å². The number of hydrogen-bond donors (Lipinski definition) is 0. The lowest BCUT2D eigenvalue weighted by molar-refractivity contribution is 0.414. The van der Waals surface area contributed by atoms with Crippen LogP contribution in [0.1, 0.15) is 22.7 Å². The summed E-state index contributed by atoms with van der Waals surface area (Å²) in [7, 11) is 1.58. The average Bonchev–Trinajstić information content (AvgIpc) is 2.68. The predicted molar refractivity (Wildman–Crippen MR) is 92.0 cm³/mol. The van der Waals surface area contributed by atoms with E-state index in [2.05, 4.69) is 15.8 Å². The van der Waals surface area contributed by atoms with Crippen molar-refractivity contribution < 1.29 is 4.74 Å². The molecule has 0 aliphatic rings. The standard InChI is InChI=1S/C20H14N4O/c1-23-19(13-21)16-6-8-17(9-7-16)20(14-22,24-2)12-15-4-10-18(25-3)11-5-15/h4-11,19H,12H2,3H3. The largest absolute Gasteiger partial charge is 0.497 e. The van der Waals surface area contributed by atoms with Crippen molar-refractivity contribution in [3.8, 4) is 17.9 Å². The molecule has 2 aromatic carbocycles. The van der Waals surface area contributed by atoms with Crippen molar-refractivity contribution in [2.75, 3.05) is 7.11 Å².